The highest BCUT2D eigenvalue weighted by Gasteiger charge is 2.34. The Labute approximate surface area is 168 Å². The van der Waals surface area contributed by atoms with Crippen molar-refractivity contribution in [2.75, 3.05) is 13.7 Å². The van der Waals surface area contributed by atoms with Crippen molar-refractivity contribution in [3.8, 4) is 5.75 Å². The minimum absolute atomic E-state index is 0.128. The van der Waals surface area contributed by atoms with E-state index in [-0.39, 0.29) is 12.1 Å². The molecular weight excluding hydrogens is 410 g/mol. The number of nitrogens with zero attached hydrogens (tertiary/aromatic N) is 3. The molecule has 1 aromatic carbocycles. The van der Waals surface area contributed by atoms with Gasteiger partial charge in [0.1, 0.15) is 11.4 Å². The highest BCUT2D eigenvalue weighted by atomic mass is 79.9. The van der Waals surface area contributed by atoms with Gasteiger partial charge in [-0.15, -0.1) is 0 Å². The average molecular weight is 436 g/mol. The third-order valence-corrected chi connectivity index (χ3v) is 5.24. The van der Waals surface area contributed by atoms with E-state index in [2.05, 4.69) is 32.6 Å². The summed E-state index contributed by atoms with van der Waals surface area (Å²) in [7, 11) is 1.66. The lowest BCUT2D eigenvalue weighted by Crippen LogP contribution is -2.42. The molecule has 2 heterocycles. The maximum atomic E-state index is 12.5. The zero-order valence-electron chi connectivity index (χ0n) is 16.5. The van der Waals surface area contributed by atoms with E-state index < -0.39 is 5.60 Å². The van der Waals surface area contributed by atoms with Crippen LogP contribution in [0.4, 0.5) is 4.79 Å². The number of hydrogen-bond acceptors (Lipinski definition) is 4. The van der Waals surface area contributed by atoms with Crippen molar-refractivity contribution >= 4 is 22.0 Å². The maximum absolute atomic E-state index is 12.5. The summed E-state index contributed by atoms with van der Waals surface area (Å²) in [4.78, 5) is 19.0. The van der Waals surface area contributed by atoms with Crippen molar-refractivity contribution in [3.05, 3.63) is 46.0 Å². The molecule has 7 heteroatoms. The van der Waals surface area contributed by atoms with Crippen molar-refractivity contribution < 1.29 is 14.3 Å². The molecular formula is C20H26BrN3O3. The fourth-order valence-electron chi connectivity index (χ4n) is 3.28. The fourth-order valence-corrected chi connectivity index (χ4v) is 3.81. The zero-order chi connectivity index (χ0) is 19.8. The summed E-state index contributed by atoms with van der Waals surface area (Å²) >= 11 is 3.59. The highest BCUT2D eigenvalue weighted by molar-refractivity contribution is 9.10. The predicted octanol–water partition coefficient (Wildman–Crippen LogP) is 4.56. The van der Waals surface area contributed by atoms with Crippen molar-refractivity contribution in [3.63, 3.8) is 0 Å². The minimum atomic E-state index is -0.509. The first-order chi connectivity index (χ1) is 12.7. The van der Waals surface area contributed by atoms with Gasteiger partial charge in [0, 0.05) is 25.2 Å². The molecule has 0 saturated heterocycles. The van der Waals surface area contributed by atoms with Crippen LogP contribution in [0.1, 0.15) is 50.7 Å². The van der Waals surface area contributed by atoms with Crippen LogP contribution < -0.4 is 4.74 Å². The van der Waals surface area contributed by atoms with Crippen LogP contribution in [-0.4, -0.2) is 39.8 Å². The van der Waals surface area contributed by atoms with Gasteiger partial charge in [-0.1, -0.05) is 12.1 Å². The molecule has 27 heavy (non-hydrogen) atoms. The Morgan fingerprint density at radius 2 is 1.96 bits per heavy atom. The molecule has 1 atom stereocenters. The van der Waals surface area contributed by atoms with Crippen LogP contribution in [0.3, 0.4) is 0 Å². The zero-order valence-corrected chi connectivity index (χ0v) is 18.0. The molecule has 3 rings (SSSR count). The molecule has 1 aromatic heterocycles. The first-order valence-corrected chi connectivity index (χ1v) is 9.86. The Hall–Kier alpha value is -2.02. The number of aromatic nitrogens is 2. The number of imidazole rings is 1. The summed E-state index contributed by atoms with van der Waals surface area (Å²) in [6.07, 6.45) is 0.453. The van der Waals surface area contributed by atoms with Crippen molar-refractivity contribution in [2.24, 2.45) is 0 Å². The number of hydrogen-bond donors (Lipinski definition) is 0. The van der Waals surface area contributed by atoms with Crippen LogP contribution in [0.25, 0.3) is 0 Å². The number of amides is 1. The number of halogens is 1. The highest BCUT2D eigenvalue weighted by Crippen LogP contribution is 2.33. The maximum Gasteiger partial charge on any atom is 0.410 e. The molecule has 1 amide bonds. The molecule has 0 radical (unpaired) electrons. The number of rotatable bonds is 3. The van der Waals surface area contributed by atoms with E-state index in [4.69, 9.17) is 14.5 Å². The molecule has 146 valence electrons. The number of carbonyl (C=O) groups excluding carboxylic acids is 1. The summed E-state index contributed by atoms with van der Waals surface area (Å²) in [5.41, 5.74) is 2.74. The lowest BCUT2D eigenvalue weighted by atomic mass is 10.0. The third kappa shape index (κ3) is 4.29. The molecule has 0 N–H and O–H groups in total. The van der Waals surface area contributed by atoms with Crippen LogP contribution in [0.5, 0.6) is 5.75 Å². The largest absolute Gasteiger partial charge is 0.497 e. The lowest BCUT2D eigenvalue weighted by molar-refractivity contribution is 0.0154. The Morgan fingerprint density at radius 3 is 2.56 bits per heavy atom. The van der Waals surface area contributed by atoms with Crippen molar-refractivity contribution in [2.45, 2.75) is 52.3 Å². The normalized spacial score (nSPS) is 16.8. The third-order valence-electron chi connectivity index (χ3n) is 4.64. The molecule has 0 spiro atoms. The Bertz CT molecular complexity index is 824. The van der Waals surface area contributed by atoms with Crippen LogP contribution >= 0.6 is 15.9 Å². The van der Waals surface area contributed by atoms with Gasteiger partial charge in [-0.05, 0) is 61.3 Å². The van der Waals surface area contributed by atoms with Gasteiger partial charge in [-0.2, -0.15) is 0 Å². The standard InChI is InChI=1S/C20H26BrN3O3/c1-13-17-16(10-11-23(13)19(25)27-20(2,3)4)24(18(21)22-17)12-14-6-8-15(26-5)9-7-14/h6-9,13H,10-12H2,1-5H3/t13-/m0/s1. The van der Waals surface area contributed by atoms with Crippen molar-refractivity contribution in [1.82, 2.24) is 14.5 Å². The van der Waals surface area contributed by atoms with E-state index in [0.717, 1.165) is 28.3 Å². The quantitative estimate of drug-likeness (QED) is 0.708. The van der Waals surface area contributed by atoms with E-state index in [9.17, 15) is 4.79 Å². The molecule has 0 saturated carbocycles. The van der Waals surface area contributed by atoms with Crippen LogP contribution in [0.2, 0.25) is 0 Å². The van der Waals surface area contributed by atoms with Gasteiger partial charge >= 0.3 is 6.09 Å². The second-order valence-corrected chi connectivity index (χ2v) is 8.46. The number of ether oxygens (including phenoxy) is 2. The van der Waals surface area contributed by atoms with E-state index in [1.807, 2.05) is 39.8 Å². The summed E-state index contributed by atoms with van der Waals surface area (Å²) < 4.78 is 13.7. The second kappa shape index (κ2) is 7.54. The summed E-state index contributed by atoms with van der Waals surface area (Å²) in [6.45, 7) is 8.97. The SMILES string of the molecule is COc1ccc(Cn2c(Br)nc3c2CCN(C(=O)OC(C)(C)C)[C@H]3C)cc1. The summed E-state index contributed by atoms with van der Waals surface area (Å²) in [5.74, 6) is 0.840. The first-order valence-electron chi connectivity index (χ1n) is 9.07. The van der Waals surface area contributed by atoms with Crippen LogP contribution in [0, 0.1) is 0 Å². The second-order valence-electron chi connectivity index (χ2n) is 7.75. The molecule has 1 aliphatic heterocycles. The number of fused-ring (bicyclic) bond motifs is 1. The molecule has 0 unspecified atom stereocenters. The first kappa shape index (κ1) is 19.7. The van der Waals surface area contributed by atoms with E-state index >= 15 is 0 Å². The predicted molar refractivity (Wildman–Crippen MR) is 107 cm³/mol. The molecule has 0 bridgehead atoms. The van der Waals surface area contributed by atoms with Gasteiger partial charge in [-0.3, -0.25) is 4.90 Å². The Kier molecular flexibility index (Phi) is 5.51. The van der Waals surface area contributed by atoms with Gasteiger partial charge in [0.15, 0.2) is 4.73 Å². The summed E-state index contributed by atoms with van der Waals surface area (Å²) in [5, 5.41) is 0. The number of carbonyl (C=O) groups is 1. The fraction of sp³-hybridized carbons (Fsp3) is 0.500. The van der Waals surface area contributed by atoms with Gasteiger partial charge in [0.2, 0.25) is 0 Å². The molecule has 1 aliphatic rings. The molecule has 0 fully saturated rings. The van der Waals surface area contributed by atoms with Crippen LogP contribution in [0.15, 0.2) is 29.0 Å². The average Bonchev–Trinajstić information content (AvgIpc) is 2.91. The van der Waals surface area contributed by atoms with Gasteiger partial charge < -0.3 is 14.0 Å². The van der Waals surface area contributed by atoms with Crippen LogP contribution in [-0.2, 0) is 17.7 Å². The lowest BCUT2D eigenvalue weighted by Gasteiger charge is -2.34. The topological polar surface area (TPSA) is 56.6 Å². The molecule has 6 nitrogen and oxygen atoms in total. The molecule has 0 aliphatic carbocycles. The van der Waals surface area contributed by atoms with Gasteiger partial charge in [0.25, 0.3) is 0 Å². The van der Waals surface area contributed by atoms with E-state index in [0.29, 0.717) is 13.1 Å². The minimum Gasteiger partial charge on any atom is -0.497 e. The number of benzene rings is 1. The van der Waals surface area contributed by atoms with E-state index in [1.165, 1.54) is 5.56 Å². The van der Waals surface area contributed by atoms with Crippen molar-refractivity contribution in [1.29, 1.82) is 0 Å². The summed E-state index contributed by atoms with van der Waals surface area (Å²) in [6, 6.07) is 7.89. The van der Waals surface area contributed by atoms with E-state index in [1.54, 1.807) is 12.0 Å². The monoisotopic (exact) mass is 435 g/mol. The molecule has 2 aromatic rings. The smallest absolute Gasteiger partial charge is 0.410 e. The van der Waals surface area contributed by atoms with Gasteiger partial charge in [-0.25, -0.2) is 9.78 Å². The van der Waals surface area contributed by atoms with Gasteiger partial charge in [0.05, 0.1) is 18.8 Å². The Morgan fingerprint density at radius 1 is 1.30 bits per heavy atom. The Balaban J connectivity index is 1.82. The number of methoxy groups -OCH3 is 1.